The summed E-state index contributed by atoms with van der Waals surface area (Å²) in [4.78, 5) is 16.3. The maximum atomic E-state index is 13.2. The van der Waals surface area contributed by atoms with Crippen LogP contribution in [-0.2, 0) is 15.7 Å². The van der Waals surface area contributed by atoms with Gasteiger partial charge in [-0.1, -0.05) is 11.6 Å². The molecule has 0 spiro atoms. The lowest BCUT2D eigenvalue weighted by molar-refractivity contribution is -0.137. The molecule has 0 atom stereocenters. The van der Waals surface area contributed by atoms with Gasteiger partial charge in [0, 0.05) is 44.2 Å². The maximum Gasteiger partial charge on any atom is 0.418 e. The Kier molecular flexibility index (Phi) is 8.51. The Bertz CT molecular complexity index is 703. The molecule has 10 heteroatoms. The Balaban J connectivity index is 1.98. The van der Waals surface area contributed by atoms with E-state index in [1.165, 1.54) is 6.07 Å². The number of carbonyl (C=O) groups is 1. The van der Waals surface area contributed by atoms with Gasteiger partial charge in [-0.3, -0.25) is 14.6 Å². The number of amides is 1. The fraction of sp³-hybridized carbons (Fsp3) is 0.556. The molecule has 1 N–H and O–H groups in total. The minimum Gasteiger partial charge on any atom is -0.379 e. The summed E-state index contributed by atoms with van der Waals surface area (Å²) in [5.41, 5.74) is -1.33. The lowest BCUT2D eigenvalue weighted by Crippen LogP contribution is -2.43. The Morgan fingerprint density at radius 2 is 2.04 bits per heavy atom. The number of nitrogens with zero attached hydrogens (tertiary/aromatic N) is 3. The number of alkyl halides is 3. The largest absolute Gasteiger partial charge is 0.418 e. The Morgan fingerprint density at radius 3 is 2.68 bits per heavy atom. The molecule has 1 aliphatic rings. The molecule has 1 aromatic carbocycles. The van der Waals surface area contributed by atoms with E-state index >= 15 is 0 Å². The summed E-state index contributed by atoms with van der Waals surface area (Å²) in [6, 6.07) is 5.23. The highest BCUT2D eigenvalue weighted by Gasteiger charge is 2.34. The normalized spacial score (nSPS) is 15.4. The summed E-state index contributed by atoms with van der Waals surface area (Å²) in [6.45, 7) is 4.35. The first kappa shape index (κ1) is 22.4. The van der Waals surface area contributed by atoms with E-state index in [4.69, 9.17) is 21.6 Å². The molecule has 1 amide bonds. The van der Waals surface area contributed by atoms with Gasteiger partial charge in [0.15, 0.2) is 0 Å². The smallest absolute Gasteiger partial charge is 0.379 e. The summed E-state index contributed by atoms with van der Waals surface area (Å²) in [5.74, 6) is -0.576. The van der Waals surface area contributed by atoms with Gasteiger partial charge in [-0.2, -0.15) is 18.4 Å². The maximum absolute atomic E-state index is 13.2. The first-order valence-corrected chi connectivity index (χ1v) is 9.23. The molecule has 1 fully saturated rings. The molecule has 1 saturated heterocycles. The second-order valence-electron chi connectivity index (χ2n) is 6.37. The van der Waals surface area contributed by atoms with Crippen molar-refractivity contribution in [3.63, 3.8) is 0 Å². The summed E-state index contributed by atoms with van der Waals surface area (Å²) in [6.07, 6.45) is -4.41. The Morgan fingerprint density at radius 1 is 1.32 bits per heavy atom. The van der Waals surface area contributed by atoms with Crippen molar-refractivity contribution in [2.24, 2.45) is 0 Å². The third-order valence-electron chi connectivity index (χ3n) is 4.30. The van der Waals surface area contributed by atoms with Crippen LogP contribution < -0.4 is 5.32 Å². The van der Waals surface area contributed by atoms with E-state index in [0.29, 0.717) is 32.8 Å². The number of nitriles is 1. The van der Waals surface area contributed by atoms with Crippen molar-refractivity contribution in [2.75, 3.05) is 57.8 Å². The lowest BCUT2D eigenvalue weighted by Gasteiger charge is -2.29. The Hall–Kier alpha value is -1.86. The standard InChI is InChI=1S/C18H22ClF3N4O2/c19-14-2-3-16(15(12-14)18(20,21)22)24-17(27)13-26(5-1-4-23)7-6-25-8-10-28-11-9-25/h2-3,12H,1,5-11,13H2,(H,24,27). The van der Waals surface area contributed by atoms with Crippen molar-refractivity contribution in [3.8, 4) is 6.07 Å². The zero-order valence-electron chi connectivity index (χ0n) is 15.3. The fourth-order valence-electron chi connectivity index (χ4n) is 2.84. The van der Waals surface area contributed by atoms with E-state index in [1.807, 2.05) is 6.07 Å². The molecule has 1 aliphatic heterocycles. The minimum atomic E-state index is -4.63. The molecule has 1 heterocycles. The van der Waals surface area contributed by atoms with Crippen molar-refractivity contribution in [1.82, 2.24) is 9.80 Å². The van der Waals surface area contributed by atoms with Crippen LogP contribution in [0.1, 0.15) is 12.0 Å². The van der Waals surface area contributed by atoms with E-state index in [-0.39, 0.29) is 23.7 Å². The lowest BCUT2D eigenvalue weighted by atomic mass is 10.1. The third-order valence-corrected chi connectivity index (χ3v) is 4.54. The van der Waals surface area contributed by atoms with E-state index < -0.39 is 17.6 Å². The summed E-state index contributed by atoms with van der Waals surface area (Å²) in [7, 11) is 0. The van der Waals surface area contributed by atoms with Gasteiger partial charge in [0.2, 0.25) is 5.91 Å². The third kappa shape index (κ3) is 7.28. The van der Waals surface area contributed by atoms with Crippen molar-refractivity contribution < 1.29 is 22.7 Å². The van der Waals surface area contributed by atoms with Crippen LogP contribution in [0.15, 0.2) is 18.2 Å². The van der Waals surface area contributed by atoms with Gasteiger partial charge in [0.1, 0.15) is 0 Å². The number of anilines is 1. The quantitative estimate of drug-likeness (QED) is 0.703. The molecule has 0 bridgehead atoms. The average molecular weight is 419 g/mol. The molecule has 0 aliphatic carbocycles. The first-order valence-electron chi connectivity index (χ1n) is 8.85. The highest BCUT2D eigenvalue weighted by Crippen LogP contribution is 2.36. The molecule has 0 aromatic heterocycles. The van der Waals surface area contributed by atoms with Crippen molar-refractivity contribution in [2.45, 2.75) is 12.6 Å². The zero-order chi connectivity index (χ0) is 20.6. The van der Waals surface area contributed by atoms with Crippen LogP contribution in [0, 0.1) is 11.3 Å². The van der Waals surface area contributed by atoms with Gasteiger partial charge in [0.25, 0.3) is 0 Å². The number of carbonyl (C=O) groups excluding carboxylic acids is 1. The van der Waals surface area contributed by atoms with Crippen LogP contribution >= 0.6 is 11.6 Å². The van der Waals surface area contributed by atoms with Crippen molar-refractivity contribution >= 4 is 23.2 Å². The monoisotopic (exact) mass is 418 g/mol. The number of nitrogens with one attached hydrogen (secondary N) is 1. The Labute approximate surface area is 166 Å². The number of rotatable bonds is 8. The van der Waals surface area contributed by atoms with Crippen LogP contribution in [0.3, 0.4) is 0 Å². The molecular weight excluding hydrogens is 397 g/mol. The molecule has 0 unspecified atom stereocenters. The summed E-state index contributed by atoms with van der Waals surface area (Å²) in [5, 5.41) is 11.1. The van der Waals surface area contributed by atoms with Crippen LogP contribution in [0.2, 0.25) is 5.02 Å². The second kappa shape index (κ2) is 10.6. The average Bonchev–Trinajstić information content (AvgIpc) is 2.65. The van der Waals surface area contributed by atoms with E-state index in [0.717, 1.165) is 25.2 Å². The van der Waals surface area contributed by atoms with Crippen LogP contribution in [0.5, 0.6) is 0 Å². The molecule has 6 nitrogen and oxygen atoms in total. The summed E-state index contributed by atoms with van der Waals surface area (Å²) < 4.78 is 44.8. The fourth-order valence-corrected chi connectivity index (χ4v) is 3.01. The van der Waals surface area contributed by atoms with Gasteiger partial charge >= 0.3 is 6.18 Å². The molecule has 154 valence electrons. The van der Waals surface area contributed by atoms with Gasteiger partial charge < -0.3 is 10.1 Å². The van der Waals surface area contributed by atoms with E-state index in [9.17, 15) is 18.0 Å². The van der Waals surface area contributed by atoms with Gasteiger partial charge in [-0.25, -0.2) is 0 Å². The van der Waals surface area contributed by atoms with E-state index in [1.54, 1.807) is 4.90 Å². The van der Waals surface area contributed by atoms with Crippen molar-refractivity contribution in [3.05, 3.63) is 28.8 Å². The van der Waals surface area contributed by atoms with Crippen LogP contribution in [0.4, 0.5) is 18.9 Å². The minimum absolute atomic E-state index is 0.0634. The number of ether oxygens (including phenoxy) is 1. The van der Waals surface area contributed by atoms with Gasteiger partial charge in [-0.15, -0.1) is 0 Å². The number of halogens is 4. The van der Waals surface area contributed by atoms with Crippen LogP contribution in [0.25, 0.3) is 0 Å². The molecule has 1 aromatic rings. The highest BCUT2D eigenvalue weighted by molar-refractivity contribution is 6.30. The predicted molar refractivity (Wildman–Crippen MR) is 99.0 cm³/mol. The predicted octanol–water partition coefficient (Wildman–Crippen LogP) is 2.85. The molecule has 0 radical (unpaired) electrons. The second-order valence-corrected chi connectivity index (χ2v) is 6.81. The molecule has 0 saturated carbocycles. The molecular formula is C18H22ClF3N4O2. The number of hydrogen-bond donors (Lipinski definition) is 1. The molecule has 28 heavy (non-hydrogen) atoms. The van der Waals surface area contributed by atoms with Crippen molar-refractivity contribution in [1.29, 1.82) is 5.26 Å². The first-order chi connectivity index (χ1) is 13.3. The number of hydrogen-bond acceptors (Lipinski definition) is 5. The SMILES string of the molecule is N#CCCN(CCN1CCOCC1)CC(=O)Nc1ccc(Cl)cc1C(F)(F)F. The number of benzene rings is 1. The highest BCUT2D eigenvalue weighted by atomic mass is 35.5. The number of morpholine rings is 1. The van der Waals surface area contributed by atoms with Gasteiger partial charge in [-0.05, 0) is 18.2 Å². The zero-order valence-corrected chi connectivity index (χ0v) is 16.0. The molecule has 2 rings (SSSR count). The van der Waals surface area contributed by atoms with Gasteiger partial charge in [0.05, 0.1) is 37.1 Å². The topological polar surface area (TPSA) is 68.6 Å². The summed E-state index contributed by atoms with van der Waals surface area (Å²) >= 11 is 5.65. The van der Waals surface area contributed by atoms with E-state index in [2.05, 4.69) is 10.2 Å². The van der Waals surface area contributed by atoms with Crippen LogP contribution in [-0.4, -0.2) is 68.2 Å².